The number of carbonyl (C=O) groups is 1. The molecule has 2 aromatic heterocycles. The molecule has 136 valence electrons. The van der Waals surface area contributed by atoms with Crippen molar-refractivity contribution in [2.24, 2.45) is 18.9 Å². The van der Waals surface area contributed by atoms with Crippen LogP contribution in [-0.2, 0) is 11.8 Å². The average molecular weight is 343 g/mol. The quantitative estimate of drug-likeness (QED) is 0.906. The van der Waals surface area contributed by atoms with E-state index in [4.69, 9.17) is 0 Å². The first-order valence-corrected chi connectivity index (χ1v) is 9.28. The summed E-state index contributed by atoms with van der Waals surface area (Å²) in [5.74, 6) is 1.94. The molecule has 0 bridgehead atoms. The molecule has 25 heavy (non-hydrogen) atoms. The molecule has 0 spiro atoms. The van der Waals surface area contributed by atoms with Gasteiger partial charge in [0.2, 0.25) is 5.91 Å². The van der Waals surface area contributed by atoms with E-state index in [0.29, 0.717) is 5.92 Å². The van der Waals surface area contributed by atoms with Crippen molar-refractivity contribution >= 4 is 22.6 Å². The van der Waals surface area contributed by atoms with E-state index in [1.807, 2.05) is 30.9 Å². The Balaban J connectivity index is 1.64. The first-order valence-electron chi connectivity index (χ1n) is 9.28. The van der Waals surface area contributed by atoms with Gasteiger partial charge >= 0.3 is 0 Å². The Morgan fingerprint density at radius 2 is 2.08 bits per heavy atom. The van der Waals surface area contributed by atoms with E-state index in [-0.39, 0.29) is 11.8 Å². The van der Waals surface area contributed by atoms with E-state index in [0.717, 1.165) is 61.3 Å². The van der Waals surface area contributed by atoms with Gasteiger partial charge in [0, 0.05) is 44.2 Å². The largest absolute Gasteiger partial charge is 0.356 e. The van der Waals surface area contributed by atoms with Gasteiger partial charge < -0.3 is 10.2 Å². The molecule has 1 N–H and O–H groups in total. The molecular weight excluding hydrogens is 314 g/mol. The summed E-state index contributed by atoms with van der Waals surface area (Å²) in [6, 6.07) is 2.02. The van der Waals surface area contributed by atoms with Gasteiger partial charge in [-0.1, -0.05) is 13.8 Å². The minimum absolute atomic E-state index is 0.121. The van der Waals surface area contributed by atoms with Gasteiger partial charge in [-0.2, -0.15) is 5.10 Å². The zero-order chi connectivity index (χ0) is 18.0. The number of hydrogen-bond donors (Lipinski definition) is 1. The highest BCUT2D eigenvalue weighted by Gasteiger charge is 2.27. The number of anilines is 1. The highest BCUT2D eigenvalue weighted by molar-refractivity contribution is 5.91. The summed E-state index contributed by atoms with van der Waals surface area (Å²) in [5.41, 5.74) is 2.11. The normalized spacial score (nSPS) is 16.0. The minimum atomic E-state index is 0.121. The van der Waals surface area contributed by atoms with E-state index in [2.05, 4.69) is 34.1 Å². The molecule has 0 radical (unpaired) electrons. The van der Waals surface area contributed by atoms with Crippen LogP contribution in [0.25, 0.3) is 10.9 Å². The molecule has 1 aliphatic rings. The molecule has 0 unspecified atom stereocenters. The lowest BCUT2D eigenvalue weighted by Crippen LogP contribution is -2.41. The third-order valence-electron chi connectivity index (χ3n) is 5.10. The van der Waals surface area contributed by atoms with Crippen molar-refractivity contribution in [3.63, 3.8) is 0 Å². The summed E-state index contributed by atoms with van der Waals surface area (Å²) >= 11 is 0. The van der Waals surface area contributed by atoms with Crippen LogP contribution in [0.4, 0.5) is 5.82 Å². The fraction of sp³-hybridized carbons (Fsp3) is 0.632. The van der Waals surface area contributed by atoms with Gasteiger partial charge in [-0.05, 0) is 38.2 Å². The average Bonchev–Trinajstić information content (AvgIpc) is 2.89. The number of carbonyl (C=O) groups excluding carboxylic acids is 1. The number of amides is 1. The Morgan fingerprint density at radius 1 is 1.36 bits per heavy atom. The molecule has 3 heterocycles. The number of aryl methyl sites for hydroxylation is 2. The Labute approximate surface area is 149 Å². The van der Waals surface area contributed by atoms with E-state index in [1.54, 1.807) is 0 Å². The molecule has 0 atom stereocenters. The van der Waals surface area contributed by atoms with Crippen molar-refractivity contribution in [2.75, 3.05) is 24.5 Å². The van der Waals surface area contributed by atoms with Crippen LogP contribution in [-0.4, -0.2) is 40.3 Å². The second-order valence-electron chi connectivity index (χ2n) is 7.47. The van der Waals surface area contributed by atoms with E-state index in [1.165, 1.54) is 0 Å². The highest BCUT2D eigenvalue weighted by Crippen LogP contribution is 2.29. The van der Waals surface area contributed by atoms with Gasteiger partial charge in [0.1, 0.15) is 5.52 Å². The first-order chi connectivity index (χ1) is 12.0. The fourth-order valence-corrected chi connectivity index (χ4v) is 3.60. The number of aromatic nitrogens is 3. The summed E-state index contributed by atoms with van der Waals surface area (Å²) < 4.78 is 1.91. The number of hydrogen-bond acceptors (Lipinski definition) is 4. The molecule has 2 aromatic rings. The van der Waals surface area contributed by atoms with Crippen LogP contribution < -0.4 is 10.2 Å². The van der Waals surface area contributed by atoms with Gasteiger partial charge in [-0.25, -0.2) is 4.98 Å². The molecule has 1 saturated heterocycles. The van der Waals surface area contributed by atoms with Crippen LogP contribution in [0, 0.1) is 18.8 Å². The smallest absolute Gasteiger partial charge is 0.223 e. The molecule has 0 aliphatic carbocycles. The lowest BCUT2D eigenvalue weighted by molar-refractivity contribution is -0.125. The van der Waals surface area contributed by atoms with E-state index < -0.39 is 0 Å². The molecule has 1 fully saturated rings. The van der Waals surface area contributed by atoms with Gasteiger partial charge in [0.15, 0.2) is 5.82 Å². The number of rotatable bonds is 5. The number of piperidine rings is 1. The van der Waals surface area contributed by atoms with Crippen LogP contribution in [0.15, 0.2) is 12.3 Å². The molecule has 1 aliphatic heterocycles. The molecule has 6 nitrogen and oxygen atoms in total. The minimum Gasteiger partial charge on any atom is -0.356 e. The third-order valence-corrected chi connectivity index (χ3v) is 5.10. The maximum absolute atomic E-state index is 12.3. The van der Waals surface area contributed by atoms with Crippen LogP contribution in [0.3, 0.4) is 0 Å². The summed E-state index contributed by atoms with van der Waals surface area (Å²) in [5, 5.41) is 8.77. The predicted molar refractivity (Wildman–Crippen MR) is 101 cm³/mol. The maximum Gasteiger partial charge on any atom is 0.223 e. The predicted octanol–water partition coefficient (Wildman–Crippen LogP) is 2.66. The van der Waals surface area contributed by atoms with E-state index >= 15 is 0 Å². The Hall–Kier alpha value is -2.11. The molecule has 6 heteroatoms. The van der Waals surface area contributed by atoms with Gasteiger partial charge in [0.25, 0.3) is 0 Å². The van der Waals surface area contributed by atoms with Crippen molar-refractivity contribution in [3.05, 3.63) is 18.0 Å². The maximum atomic E-state index is 12.3. The second-order valence-corrected chi connectivity index (χ2v) is 7.47. The molecule has 0 saturated carbocycles. The summed E-state index contributed by atoms with van der Waals surface area (Å²) in [6.45, 7) is 8.89. The summed E-state index contributed by atoms with van der Waals surface area (Å²) in [7, 11) is 1.97. The van der Waals surface area contributed by atoms with Crippen LogP contribution in [0.5, 0.6) is 0 Å². The monoisotopic (exact) mass is 343 g/mol. The van der Waals surface area contributed by atoms with Crippen molar-refractivity contribution in [1.82, 2.24) is 20.1 Å². The Morgan fingerprint density at radius 3 is 2.76 bits per heavy atom. The zero-order valence-corrected chi connectivity index (χ0v) is 15.7. The number of pyridine rings is 1. The van der Waals surface area contributed by atoms with Gasteiger partial charge in [0.05, 0.1) is 5.69 Å². The SMILES string of the molecule is Cc1nn(C)c2c(N3CCC(C(=O)NCCC(C)C)CC3)nccc12. The number of nitrogens with zero attached hydrogens (tertiary/aromatic N) is 4. The van der Waals surface area contributed by atoms with Crippen molar-refractivity contribution < 1.29 is 4.79 Å². The van der Waals surface area contributed by atoms with Gasteiger partial charge in [-0.15, -0.1) is 0 Å². The van der Waals surface area contributed by atoms with Crippen molar-refractivity contribution in [2.45, 2.75) is 40.0 Å². The zero-order valence-electron chi connectivity index (χ0n) is 15.7. The highest BCUT2D eigenvalue weighted by atomic mass is 16.1. The first kappa shape index (κ1) is 17.7. The molecule has 1 amide bonds. The van der Waals surface area contributed by atoms with Crippen molar-refractivity contribution in [1.29, 1.82) is 0 Å². The summed E-state index contributed by atoms with van der Waals surface area (Å²) in [4.78, 5) is 19.2. The molecule has 3 rings (SSSR count). The van der Waals surface area contributed by atoms with E-state index in [9.17, 15) is 4.79 Å². The Bertz CT molecular complexity index is 744. The lowest BCUT2D eigenvalue weighted by Gasteiger charge is -2.32. The topological polar surface area (TPSA) is 63.1 Å². The number of fused-ring (bicyclic) bond motifs is 1. The standard InChI is InChI=1S/C19H29N5O/c1-13(2)5-9-21-19(25)15-7-11-24(12-8-15)18-17-16(6-10-20-18)14(3)22-23(17)4/h6,10,13,15H,5,7-9,11-12H2,1-4H3,(H,21,25). The molecule has 0 aromatic carbocycles. The van der Waals surface area contributed by atoms with Crippen LogP contribution in [0.2, 0.25) is 0 Å². The fourth-order valence-electron chi connectivity index (χ4n) is 3.60. The Kier molecular flexibility index (Phi) is 5.25. The van der Waals surface area contributed by atoms with Gasteiger partial charge in [-0.3, -0.25) is 9.48 Å². The summed E-state index contributed by atoms with van der Waals surface area (Å²) in [6.07, 6.45) is 4.65. The number of nitrogens with one attached hydrogen (secondary N) is 1. The third kappa shape index (κ3) is 3.78. The van der Waals surface area contributed by atoms with Crippen molar-refractivity contribution in [3.8, 4) is 0 Å². The lowest BCUT2D eigenvalue weighted by atomic mass is 9.95. The van der Waals surface area contributed by atoms with Crippen LogP contribution >= 0.6 is 0 Å². The molecular formula is C19H29N5O. The van der Waals surface area contributed by atoms with Crippen LogP contribution in [0.1, 0.15) is 38.8 Å². The second kappa shape index (κ2) is 7.42.